The molecule has 0 aliphatic heterocycles. The summed E-state index contributed by atoms with van der Waals surface area (Å²) in [5.74, 6) is -2.09. The average Bonchev–Trinajstić information content (AvgIpc) is 2.67. The first-order valence-corrected chi connectivity index (χ1v) is 8.82. The maximum absolute atomic E-state index is 12.4. The highest BCUT2D eigenvalue weighted by molar-refractivity contribution is 5.83. The van der Waals surface area contributed by atoms with Gasteiger partial charge in [-0.15, -0.1) is 26.3 Å². The van der Waals surface area contributed by atoms with Gasteiger partial charge in [0.1, 0.15) is 11.5 Å². The van der Waals surface area contributed by atoms with E-state index >= 15 is 0 Å². The number of ether oxygens (including phenoxy) is 2. The lowest BCUT2D eigenvalue weighted by molar-refractivity contribution is -0.275. The van der Waals surface area contributed by atoms with Gasteiger partial charge in [0.2, 0.25) is 0 Å². The fraction of sp³-hybridized carbons (Fsp3) is 0.143. The van der Waals surface area contributed by atoms with Gasteiger partial charge in [-0.1, -0.05) is 24.3 Å². The summed E-state index contributed by atoms with van der Waals surface area (Å²) in [5, 5.41) is 9.34. The predicted molar refractivity (Wildman–Crippen MR) is 99.8 cm³/mol. The number of rotatable bonds is 6. The molecular formula is C21H13F6NO4. The van der Waals surface area contributed by atoms with Crippen LogP contribution in [0.1, 0.15) is 5.56 Å². The number of aromatic nitrogens is 1. The number of halogens is 6. The zero-order valence-electron chi connectivity index (χ0n) is 15.9. The van der Waals surface area contributed by atoms with Crippen molar-refractivity contribution in [2.45, 2.75) is 19.1 Å². The van der Waals surface area contributed by atoms with Crippen molar-refractivity contribution in [1.29, 1.82) is 0 Å². The van der Waals surface area contributed by atoms with Crippen LogP contribution in [-0.2, 0) is 11.2 Å². The highest BCUT2D eigenvalue weighted by Crippen LogP contribution is 2.34. The molecule has 32 heavy (non-hydrogen) atoms. The number of alkyl halides is 6. The van der Waals surface area contributed by atoms with Gasteiger partial charge < -0.3 is 14.6 Å². The molecular weight excluding hydrogens is 444 g/mol. The van der Waals surface area contributed by atoms with E-state index in [4.69, 9.17) is 0 Å². The third kappa shape index (κ3) is 6.13. The zero-order chi connectivity index (χ0) is 23.5. The zero-order valence-corrected chi connectivity index (χ0v) is 15.9. The van der Waals surface area contributed by atoms with Crippen molar-refractivity contribution in [3.8, 4) is 33.8 Å². The molecule has 168 valence electrons. The Bertz CT molecular complexity index is 1020. The van der Waals surface area contributed by atoms with Crippen molar-refractivity contribution in [3.63, 3.8) is 0 Å². The summed E-state index contributed by atoms with van der Waals surface area (Å²) in [6.45, 7) is 0. The van der Waals surface area contributed by atoms with Crippen LogP contribution in [0, 0.1) is 0 Å². The molecule has 0 spiro atoms. The number of hydrogen-bond acceptors (Lipinski definition) is 4. The van der Waals surface area contributed by atoms with Gasteiger partial charge in [0, 0.05) is 23.5 Å². The van der Waals surface area contributed by atoms with Crippen LogP contribution < -0.4 is 9.47 Å². The minimum absolute atomic E-state index is 0.279. The fourth-order valence-electron chi connectivity index (χ4n) is 3.00. The Morgan fingerprint density at radius 3 is 1.44 bits per heavy atom. The molecule has 1 aromatic heterocycles. The van der Waals surface area contributed by atoms with E-state index in [0.717, 1.165) is 24.3 Å². The Morgan fingerprint density at radius 2 is 1.12 bits per heavy atom. The van der Waals surface area contributed by atoms with Crippen LogP contribution in [-0.4, -0.2) is 28.8 Å². The number of nitrogens with zero attached hydrogens (tertiary/aromatic N) is 1. The van der Waals surface area contributed by atoms with Gasteiger partial charge in [0.25, 0.3) is 0 Å². The summed E-state index contributed by atoms with van der Waals surface area (Å²) in [7, 11) is 0. The molecule has 0 fully saturated rings. The molecule has 11 heteroatoms. The highest BCUT2D eigenvalue weighted by atomic mass is 19.4. The Hall–Kier alpha value is -3.76. The van der Waals surface area contributed by atoms with Crippen LogP contribution in [0.2, 0.25) is 0 Å². The normalized spacial score (nSPS) is 11.8. The molecule has 0 radical (unpaired) electrons. The van der Waals surface area contributed by atoms with Gasteiger partial charge in [0.05, 0.1) is 6.42 Å². The molecule has 3 rings (SSSR count). The van der Waals surface area contributed by atoms with E-state index in [1.807, 2.05) is 0 Å². The third-order valence-corrected chi connectivity index (χ3v) is 4.18. The highest BCUT2D eigenvalue weighted by Gasteiger charge is 2.31. The van der Waals surface area contributed by atoms with Crippen molar-refractivity contribution in [2.24, 2.45) is 0 Å². The lowest BCUT2D eigenvalue weighted by atomic mass is 9.92. The number of carboxylic acids is 1. The molecule has 0 unspecified atom stereocenters. The maximum Gasteiger partial charge on any atom is 0.573 e. The van der Waals surface area contributed by atoms with Crippen LogP contribution in [0.3, 0.4) is 0 Å². The number of pyridine rings is 1. The quantitative estimate of drug-likeness (QED) is 0.471. The van der Waals surface area contributed by atoms with Gasteiger partial charge in [0.15, 0.2) is 0 Å². The number of benzene rings is 2. The van der Waals surface area contributed by atoms with Crippen LogP contribution in [0.4, 0.5) is 26.3 Å². The molecule has 3 aromatic rings. The second kappa shape index (κ2) is 8.77. The van der Waals surface area contributed by atoms with Crippen LogP contribution in [0.15, 0.2) is 60.9 Å². The van der Waals surface area contributed by atoms with E-state index in [0.29, 0.717) is 22.3 Å². The van der Waals surface area contributed by atoms with Crippen LogP contribution in [0.5, 0.6) is 11.5 Å². The summed E-state index contributed by atoms with van der Waals surface area (Å²) in [4.78, 5) is 15.5. The Labute approximate surface area is 176 Å². The van der Waals surface area contributed by atoms with E-state index in [-0.39, 0.29) is 5.56 Å². The molecule has 0 bridgehead atoms. The van der Waals surface area contributed by atoms with Crippen molar-refractivity contribution in [3.05, 3.63) is 66.5 Å². The maximum atomic E-state index is 12.4. The lowest BCUT2D eigenvalue weighted by Crippen LogP contribution is -2.17. The number of hydrogen-bond donors (Lipinski definition) is 1. The molecule has 0 amide bonds. The number of aliphatic carboxylic acids is 1. The van der Waals surface area contributed by atoms with Gasteiger partial charge in [-0.05, 0) is 41.0 Å². The standard InChI is InChI=1S/C21H13F6NO4/c22-20(23,24)31-14-5-1-12(2-6-14)17-10-28-11-18(16(17)9-19(29)30)13-3-7-15(8-4-13)32-21(25,26)27/h1-8,10-11H,9H2,(H,29,30). The van der Waals surface area contributed by atoms with Crippen molar-refractivity contribution in [2.75, 3.05) is 0 Å². The van der Waals surface area contributed by atoms with E-state index in [1.165, 1.54) is 36.7 Å². The Kier molecular flexibility index (Phi) is 6.28. The molecule has 0 saturated carbocycles. The molecule has 5 nitrogen and oxygen atoms in total. The first-order valence-electron chi connectivity index (χ1n) is 8.82. The first-order chi connectivity index (χ1) is 14.9. The van der Waals surface area contributed by atoms with Crippen molar-refractivity contribution < 1.29 is 45.7 Å². The molecule has 1 N–H and O–H groups in total. The first kappa shape index (κ1) is 22.9. The topological polar surface area (TPSA) is 68.7 Å². The second-order valence-electron chi connectivity index (χ2n) is 6.43. The Morgan fingerprint density at radius 1 is 0.750 bits per heavy atom. The lowest BCUT2D eigenvalue weighted by Gasteiger charge is -2.15. The smallest absolute Gasteiger partial charge is 0.481 e. The molecule has 0 saturated heterocycles. The monoisotopic (exact) mass is 457 g/mol. The van der Waals surface area contributed by atoms with Gasteiger partial charge >= 0.3 is 18.7 Å². The van der Waals surface area contributed by atoms with E-state index in [2.05, 4.69) is 14.5 Å². The predicted octanol–water partition coefficient (Wildman–Crippen LogP) is 5.84. The minimum Gasteiger partial charge on any atom is -0.481 e. The average molecular weight is 457 g/mol. The van der Waals surface area contributed by atoms with Crippen molar-refractivity contribution in [1.82, 2.24) is 4.98 Å². The van der Waals surface area contributed by atoms with E-state index < -0.39 is 36.6 Å². The largest absolute Gasteiger partial charge is 0.573 e. The van der Waals surface area contributed by atoms with E-state index in [9.17, 15) is 36.2 Å². The van der Waals surface area contributed by atoms with Crippen LogP contribution >= 0.6 is 0 Å². The van der Waals surface area contributed by atoms with Gasteiger partial charge in [-0.25, -0.2) is 0 Å². The Balaban J connectivity index is 2.00. The van der Waals surface area contributed by atoms with Crippen LogP contribution in [0.25, 0.3) is 22.3 Å². The summed E-state index contributed by atoms with van der Waals surface area (Å²) in [5.41, 5.74) is 1.70. The van der Waals surface area contributed by atoms with Gasteiger partial charge in [-0.2, -0.15) is 0 Å². The summed E-state index contributed by atoms with van der Waals surface area (Å²) in [6, 6.07) is 9.54. The minimum atomic E-state index is -4.86. The number of carboxylic acid groups (broad SMARTS) is 1. The van der Waals surface area contributed by atoms with E-state index in [1.54, 1.807) is 0 Å². The molecule has 1 heterocycles. The SMILES string of the molecule is O=C(O)Cc1c(-c2ccc(OC(F)(F)F)cc2)cncc1-c1ccc(OC(F)(F)F)cc1. The third-order valence-electron chi connectivity index (χ3n) is 4.18. The number of carbonyl (C=O) groups is 1. The summed E-state index contributed by atoms with van der Waals surface area (Å²) < 4.78 is 81.8. The van der Waals surface area contributed by atoms with Crippen molar-refractivity contribution >= 4 is 5.97 Å². The molecule has 2 aromatic carbocycles. The van der Waals surface area contributed by atoms with Gasteiger partial charge in [-0.3, -0.25) is 9.78 Å². The molecule has 0 aliphatic rings. The summed E-state index contributed by atoms with van der Waals surface area (Å²) in [6.07, 6.45) is -7.49. The molecule has 0 aliphatic carbocycles. The summed E-state index contributed by atoms with van der Waals surface area (Å²) >= 11 is 0. The molecule has 0 atom stereocenters. The second-order valence-corrected chi connectivity index (χ2v) is 6.43. The fourth-order valence-corrected chi connectivity index (χ4v) is 3.00.